The second kappa shape index (κ2) is 3.58. The summed E-state index contributed by atoms with van der Waals surface area (Å²) < 4.78 is 0. The minimum absolute atomic E-state index is 0.0733. The molecule has 80 valence electrons. The molecular formula is C10H13N3O2. The van der Waals surface area contributed by atoms with E-state index in [-0.39, 0.29) is 12.0 Å². The summed E-state index contributed by atoms with van der Waals surface area (Å²) in [5.41, 5.74) is 1.94. The predicted molar refractivity (Wildman–Crippen MR) is 53.4 cm³/mol. The number of aromatic nitrogens is 2. The van der Waals surface area contributed by atoms with E-state index in [0.717, 1.165) is 5.69 Å². The summed E-state index contributed by atoms with van der Waals surface area (Å²) in [5.74, 6) is -0.0733. The molecular weight excluding hydrogens is 194 g/mol. The summed E-state index contributed by atoms with van der Waals surface area (Å²) >= 11 is 0. The summed E-state index contributed by atoms with van der Waals surface area (Å²) in [6, 6.07) is 1.73. The molecule has 5 nitrogen and oxygen atoms in total. The molecule has 0 spiro atoms. The molecule has 1 N–H and O–H groups in total. The Morgan fingerprint density at radius 2 is 2.13 bits per heavy atom. The molecule has 0 saturated carbocycles. The molecule has 0 atom stereocenters. The van der Waals surface area contributed by atoms with Gasteiger partial charge in [0, 0.05) is 13.1 Å². The first-order valence-electron chi connectivity index (χ1n) is 4.86. The molecule has 0 aromatic carbocycles. The zero-order valence-corrected chi connectivity index (χ0v) is 8.77. The Kier molecular flexibility index (Phi) is 2.40. The number of carbonyl (C=O) groups is 1. The number of aryl methyl sites for hydroxylation is 2. The third-order valence-corrected chi connectivity index (χ3v) is 2.48. The van der Waals surface area contributed by atoms with Crippen LogP contribution in [0.2, 0.25) is 0 Å². The summed E-state index contributed by atoms with van der Waals surface area (Å²) in [6.07, 6.45) is -0.370. The van der Waals surface area contributed by atoms with E-state index >= 15 is 0 Å². The average molecular weight is 207 g/mol. The molecule has 1 aliphatic rings. The minimum Gasteiger partial charge on any atom is -0.389 e. The van der Waals surface area contributed by atoms with Crippen molar-refractivity contribution in [2.75, 3.05) is 13.1 Å². The van der Waals surface area contributed by atoms with Crippen LogP contribution in [0.1, 0.15) is 21.7 Å². The average Bonchev–Trinajstić information content (AvgIpc) is 2.16. The molecule has 0 bridgehead atoms. The van der Waals surface area contributed by atoms with E-state index in [0.29, 0.717) is 24.3 Å². The van der Waals surface area contributed by atoms with Crippen molar-refractivity contribution in [1.29, 1.82) is 0 Å². The maximum Gasteiger partial charge on any atom is 0.256 e. The topological polar surface area (TPSA) is 66.3 Å². The van der Waals surface area contributed by atoms with E-state index in [4.69, 9.17) is 5.11 Å². The molecule has 1 amide bonds. The smallest absolute Gasteiger partial charge is 0.256 e. The number of aliphatic hydroxyl groups excluding tert-OH is 1. The van der Waals surface area contributed by atoms with Crippen LogP contribution in [0.5, 0.6) is 0 Å². The molecule has 15 heavy (non-hydrogen) atoms. The van der Waals surface area contributed by atoms with Crippen molar-refractivity contribution in [2.45, 2.75) is 20.0 Å². The fourth-order valence-electron chi connectivity index (χ4n) is 1.56. The Morgan fingerprint density at radius 3 is 2.73 bits per heavy atom. The van der Waals surface area contributed by atoms with Crippen LogP contribution >= 0.6 is 0 Å². The van der Waals surface area contributed by atoms with Gasteiger partial charge in [0.1, 0.15) is 0 Å². The third kappa shape index (κ3) is 1.83. The van der Waals surface area contributed by atoms with Crippen LogP contribution in [0, 0.1) is 13.8 Å². The van der Waals surface area contributed by atoms with Crippen LogP contribution < -0.4 is 0 Å². The van der Waals surface area contributed by atoms with Gasteiger partial charge in [0.05, 0.1) is 23.1 Å². The number of rotatable bonds is 1. The van der Waals surface area contributed by atoms with E-state index in [2.05, 4.69) is 10.2 Å². The highest BCUT2D eigenvalue weighted by molar-refractivity contribution is 5.95. The summed E-state index contributed by atoms with van der Waals surface area (Å²) in [4.78, 5) is 13.5. The monoisotopic (exact) mass is 207 g/mol. The highest BCUT2D eigenvalue weighted by Crippen LogP contribution is 2.15. The standard InChI is InChI=1S/C10H13N3O2/c1-6-3-9(7(2)12-11-6)10(15)13-4-8(14)5-13/h3,8,14H,4-5H2,1-2H3. The molecule has 2 rings (SSSR count). The largest absolute Gasteiger partial charge is 0.389 e. The summed E-state index contributed by atoms with van der Waals surface area (Å²) in [7, 11) is 0. The highest BCUT2D eigenvalue weighted by atomic mass is 16.3. The van der Waals surface area contributed by atoms with Crippen LogP contribution in [-0.4, -0.2) is 45.3 Å². The van der Waals surface area contributed by atoms with E-state index in [1.807, 2.05) is 0 Å². The molecule has 1 aromatic heterocycles. The van der Waals surface area contributed by atoms with Crippen molar-refractivity contribution >= 4 is 5.91 Å². The van der Waals surface area contributed by atoms with Crippen molar-refractivity contribution in [2.24, 2.45) is 0 Å². The number of hydrogen-bond donors (Lipinski definition) is 1. The van der Waals surface area contributed by atoms with Gasteiger partial charge < -0.3 is 10.0 Å². The first-order valence-corrected chi connectivity index (χ1v) is 4.86. The maximum atomic E-state index is 11.9. The number of likely N-dealkylation sites (tertiary alicyclic amines) is 1. The van der Waals surface area contributed by atoms with Gasteiger partial charge in [0.15, 0.2) is 0 Å². The second-order valence-corrected chi connectivity index (χ2v) is 3.85. The zero-order chi connectivity index (χ0) is 11.0. The van der Waals surface area contributed by atoms with Crippen molar-refractivity contribution in [3.8, 4) is 0 Å². The lowest BCUT2D eigenvalue weighted by Crippen LogP contribution is -2.53. The van der Waals surface area contributed by atoms with Crippen LogP contribution in [-0.2, 0) is 0 Å². The predicted octanol–water partition coefficient (Wildman–Crippen LogP) is -0.0899. The number of carbonyl (C=O) groups excluding carboxylic acids is 1. The van der Waals surface area contributed by atoms with Gasteiger partial charge in [-0.25, -0.2) is 0 Å². The quantitative estimate of drug-likeness (QED) is 0.699. The van der Waals surface area contributed by atoms with Gasteiger partial charge in [-0.1, -0.05) is 0 Å². The van der Waals surface area contributed by atoms with Gasteiger partial charge in [-0.3, -0.25) is 4.79 Å². The highest BCUT2D eigenvalue weighted by Gasteiger charge is 2.30. The molecule has 5 heteroatoms. The van der Waals surface area contributed by atoms with Gasteiger partial charge in [-0.05, 0) is 19.9 Å². The maximum absolute atomic E-state index is 11.9. The van der Waals surface area contributed by atoms with Crippen LogP contribution in [0.25, 0.3) is 0 Å². The zero-order valence-electron chi connectivity index (χ0n) is 8.77. The fourth-order valence-corrected chi connectivity index (χ4v) is 1.56. The third-order valence-electron chi connectivity index (χ3n) is 2.48. The minimum atomic E-state index is -0.370. The van der Waals surface area contributed by atoms with Crippen LogP contribution in [0.3, 0.4) is 0 Å². The van der Waals surface area contributed by atoms with Gasteiger partial charge in [0.25, 0.3) is 5.91 Å². The first kappa shape index (κ1) is 10.0. The lowest BCUT2D eigenvalue weighted by molar-refractivity contribution is 0.00578. The Balaban J connectivity index is 2.22. The van der Waals surface area contributed by atoms with Crippen LogP contribution in [0.4, 0.5) is 0 Å². The molecule has 1 aliphatic heterocycles. The van der Waals surface area contributed by atoms with E-state index in [1.165, 1.54) is 0 Å². The molecule has 1 fully saturated rings. The SMILES string of the molecule is Cc1cc(C(=O)N2CC(O)C2)c(C)nn1. The van der Waals surface area contributed by atoms with Crippen molar-refractivity contribution in [3.05, 3.63) is 23.0 Å². The normalized spacial score (nSPS) is 16.3. The van der Waals surface area contributed by atoms with Crippen LogP contribution in [0.15, 0.2) is 6.07 Å². The van der Waals surface area contributed by atoms with Gasteiger partial charge in [-0.15, -0.1) is 0 Å². The Bertz CT molecular complexity index is 400. The van der Waals surface area contributed by atoms with Crippen molar-refractivity contribution in [3.63, 3.8) is 0 Å². The van der Waals surface area contributed by atoms with Gasteiger partial charge >= 0.3 is 0 Å². The van der Waals surface area contributed by atoms with E-state index < -0.39 is 0 Å². The lowest BCUT2D eigenvalue weighted by atomic mass is 10.1. The second-order valence-electron chi connectivity index (χ2n) is 3.85. The van der Waals surface area contributed by atoms with Crippen molar-refractivity contribution in [1.82, 2.24) is 15.1 Å². The molecule has 1 aromatic rings. The molecule has 0 aliphatic carbocycles. The Morgan fingerprint density at radius 1 is 1.47 bits per heavy atom. The van der Waals surface area contributed by atoms with E-state index in [9.17, 15) is 4.79 Å². The Labute approximate surface area is 87.7 Å². The van der Waals surface area contributed by atoms with E-state index in [1.54, 1.807) is 24.8 Å². The van der Waals surface area contributed by atoms with Gasteiger partial charge in [-0.2, -0.15) is 10.2 Å². The molecule has 1 saturated heterocycles. The summed E-state index contributed by atoms with van der Waals surface area (Å²) in [5, 5.41) is 16.9. The lowest BCUT2D eigenvalue weighted by Gasteiger charge is -2.36. The number of hydrogen-bond acceptors (Lipinski definition) is 4. The first-order chi connectivity index (χ1) is 7.08. The number of β-amino-alcohol motifs (C(OH)–C–C–N with tert-alkyl or cyclic N) is 1. The van der Waals surface area contributed by atoms with Crippen molar-refractivity contribution < 1.29 is 9.90 Å². The number of aliphatic hydroxyl groups is 1. The molecule has 0 unspecified atom stereocenters. The fraction of sp³-hybridized carbons (Fsp3) is 0.500. The number of nitrogens with zero attached hydrogens (tertiary/aromatic N) is 3. The van der Waals surface area contributed by atoms with Gasteiger partial charge in [0.2, 0.25) is 0 Å². The summed E-state index contributed by atoms with van der Waals surface area (Å²) in [6.45, 7) is 4.39. The molecule has 0 radical (unpaired) electrons. The Hall–Kier alpha value is -1.49. The molecule has 2 heterocycles. The number of amides is 1.